The minimum atomic E-state index is -4.17. The number of ether oxygens (including phenoxy) is 1. The van der Waals surface area contributed by atoms with Crippen molar-refractivity contribution in [2.24, 2.45) is 11.8 Å². The summed E-state index contributed by atoms with van der Waals surface area (Å²) >= 11 is 1.04. The van der Waals surface area contributed by atoms with E-state index in [0.29, 0.717) is 13.0 Å². The summed E-state index contributed by atoms with van der Waals surface area (Å²) in [7, 11) is 0. The minimum absolute atomic E-state index is 0.0995. The molecule has 0 rings (SSSR count). The zero-order valence-electron chi connectivity index (χ0n) is 11.9. The summed E-state index contributed by atoms with van der Waals surface area (Å²) in [6.45, 7) is 8.02. The van der Waals surface area contributed by atoms with Crippen molar-refractivity contribution in [3.63, 3.8) is 0 Å². The minimum Gasteiger partial charge on any atom is -0.465 e. The topological polar surface area (TPSA) is 26.3 Å². The SMILES string of the molecule is CC(C)COC(=O)C(CC(C)C)SCCC(F)(F)F. The van der Waals surface area contributed by atoms with E-state index in [1.807, 2.05) is 27.7 Å². The summed E-state index contributed by atoms with van der Waals surface area (Å²) < 4.78 is 41.4. The number of halogens is 3. The molecule has 0 bridgehead atoms. The van der Waals surface area contributed by atoms with Crippen LogP contribution in [0, 0.1) is 11.8 Å². The van der Waals surface area contributed by atoms with Crippen LogP contribution >= 0.6 is 11.8 Å². The van der Waals surface area contributed by atoms with E-state index in [-0.39, 0.29) is 17.6 Å². The summed E-state index contributed by atoms with van der Waals surface area (Å²) in [5.74, 6) is -0.0223. The van der Waals surface area contributed by atoms with Gasteiger partial charge in [-0.2, -0.15) is 13.2 Å². The Hall–Kier alpha value is -0.390. The molecule has 1 unspecified atom stereocenters. The van der Waals surface area contributed by atoms with Gasteiger partial charge in [-0.3, -0.25) is 4.79 Å². The van der Waals surface area contributed by atoms with Gasteiger partial charge in [0.2, 0.25) is 0 Å². The van der Waals surface area contributed by atoms with Crippen LogP contribution in [0.1, 0.15) is 40.5 Å². The van der Waals surface area contributed by atoms with Gasteiger partial charge >= 0.3 is 12.1 Å². The Bertz CT molecular complexity index is 265. The molecule has 0 aliphatic carbocycles. The average Bonchev–Trinajstić information content (AvgIpc) is 2.22. The Morgan fingerprint density at radius 1 is 1.16 bits per heavy atom. The molecule has 0 N–H and O–H groups in total. The third kappa shape index (κ3) is 11.2. The highest BCUT2D eigenvalue weighted by Gasteiger charge is 2.29. The van der Waals surface area contributed by atoms with Crippen LogP contribution < -0.4 is 0 Å². The van der Waals surface area contributed by atoms with Gasteiger partial charge in [0.15, 0.2) is 0 Å². The van der Waals surface area contributed by atoms with Crippen LogP contribution in [0.2, 0.25) is 0 Å². The highest BCUT2D eigenvalue weighted by atomic mass is 32.2. The van der Waals surface area contributed by atoms with E-state index >= 15 is 0 Å². The first-order chi connectivity index (χ1) is 8.61. The van der Waals surface area contributed by atoms with Gasteiger partial charge in [0.25, 0.3) is 0 Å². The van der Waals surface area contributed by atoms with Crippen molar-refractivity contribution in [1.82, 2.24) is 0 Å². The van der Waals surface area contributed by atoms with Gasteiger partial charge in [0, 0.05) is 5.75 Å². The maximum absolute atomic E-state index is 12.1. The molecule has 0 saturated heterocycles. The average molecular weight is 300 g/mol. The van der Waals surface area contributed by atoms with Crippen molar-refractivity contribution in [2.75, 3.05) is 12.4 Å². The van der Waals surface area contributed by atoms with Gasteiger partial charge in [-0.15, -0.1) is 11.8 Å². The molecule has 0 amide bonds. The first kappa shape index (κ1) is 18.6. The monoisotopic (exact) mass is 300 g/mol. The fraction of sp³-hybridized carbons (Fsp3) is 0.923. The van der Waals surface area contributed by atoms with E-state index in [2.05, 4.69) is 0 Å². The summed E-state index contributed by atoms with van der Waals surface area (Å²) in [6.07, 6.45) is -4.50. The van der Waals surface area contributed by atoms with Crippen LogP contribution in [0.4, 0.5) is 13.2 Å². The normalized spacial score (nSPS) is 13.9. The highest BCUT2D eigenvalue weighted by molar-refractivity contribution is 8.00. The van der Waals surface area contributed by atoms with Gasteiger partial charge in [-0.05, 0) is 18.3 Å². The zero-order chi connectivity index (χ0) is 15.1. The van der Waals surface area contributed by atoms with E-state index in [9.17, 15) is 18.0 Å². The second-order valence-corrected chi connectivity index (χ2v) is 6.69. The standard InChI is InChI=1S/C13H23F3O2S/c1-9(2)7-11(12(17)18-8-10(3)4)19-6-5-13(14,15)16/h9-11H,5-8H2,1-4H3. The van der Waals surface area contributed by atoms with E-state index in [4.69, 9.17) is 4.74 Å². The third-order valence-corrected chi connectivity index (χ3v) is 3.44. The first-order valence-electron chi connectivity index (χ1n) is 6.46. The predicted molar refractivity (Wildman–Crippen MR) is 72.2 cm³/mol. The summed E-state index contributed by atoms with van der Waals surface area (Å²) in [6, 6.07) is 0. The van der Waals surface area contributed by atoms with Gasteiger partial charge in [0.05, 0.1) is 13.0 Å². The second-order valence-electron chi connectivity index (χ2n) is 5.38. The van der Waals surface area contributed by atoms with Crippen molar-refractivity contribution in [2.45, 2.75) is 52.0 Å². The lowest BCUT2D eigenvalue weighted by molar-refractivity contribution is -0.144. The molecule has 0 fully saturated rings. The molecule has 19 heavy (non-hydrogen) atoms. The smallest absolute Gasteiger partial charge is 0.389 e. The predicted octanol–water partition coefficient (Wildman–Crippen LogP) is 4.29. The van der Waals surface area contributed by atoms with E-state index < -0.39 is 23.8 Å². The number of alkyl halides is 3. The molecular weight excluding hydrogens is 277 g/mol. The van der Waals surface area contributed by atoms with Gasteiger partial charge in [-0.25, -0.2) is 0 Å². The lowest BCUT2D eigenvalue weighted by Crippen LogP contribution is -2.25. The summed E-state index contributed by atoms with van der Waals surface area (Å²) in [5, 5.41) is -0.499. The van der Waals surface area contributed by atoms with Crippen LogP contribution in [-0.4, -0.2) is 29.8 Å². The lowest BCUT2D eigenvalue weighted by atomic mass is 10.1. The number of thioether (sulfide) groups is 1. The van der Waals surface area contributed by atoms with Crippen molar-refractivity contribution < 1.29 is 22.7 Å². The fourth-order valence-corrected chi connectivity index (χ4v) is 2.68. The number of rotatable bonds is 8. The Kier molecular flexibility index (Phi) is 8.54. The Labute approximate surface area is 117 Å². The Morgan fingerprint density at radius 2 is 1.74 bits per heavy atom. The molecule has 0 aromatic heterocycles. The van der Waals surface area contributed by atoms with Crippen LogP contribution in [-0.2, 0) is 9.53 Å². The summed E-state index contributed by atoms with van der Waals surface area (Å²) in [5.41, 5.74) is 0. The molecule has 0 aliphatic heterocycles. The van der Waals surface area contributed by atoms with Gasteiger partial charge in [0.1, 0.15) is 5.25 Å². The van der Waals surface area contributed by atoms with Crippen LogP contribution in [0.15, 0.2) is 0 Å². The second kappa shape index (κ2) is 8.72. The molecule has 0 spiro atoms. The Morgan fingerprint density at radius 3 is 2.16 bits per heavy atom. The zero-order valence-corrected chi connectivity index (χ0v) is 12.7. The van der Waals surface area contributed by atoms with E-state index in [1.54, 1.807) is 0 Å². The number of hydrogen-bond donors (Lipinski definition) is 0. The van der Waals surface area contributed by atoms with Crippen molar-refractivity contribution in [3.8, 4) is 0 Å². The van der Waals surface area contributed by atoms with E-state index in [0.717, 1.165) is 11.8 Å². The van der Waals surface area contributed by atoms with Crippen LogP contribution in [0.25, 0.3) is 0 Å². The van der Waals surface area contributed by atoms with Crippen molar-refractivity contribution in [1.29, 1.82) is 0 Å². The highest BCUT2D eigenvalue weighted by Crippen LogP contribution is 2.27. The number of carbonyl (C=O) groups excluding carboxylic acids is 1. The maximum Gasteiger partial charge on any atom is 0.389 e. The molecular formula is C13H23F3O2S. The molecule has 0 aliphatic rings. The number of esters is 1. The molecule has 1 atom stereocenters. The largest absolute Gasteiger partial charge is 0.465 e. The quantitative estimate of drug-likeness (QED) is 0.626. The molecule has 0 aromatic carbocycles. The summed E-state index contributed by atoms with van der Waals surface area (Å²) in [4.78, 5) is 11.8. The third-order valence-electron chi connectivity index (χ3n) is 2.21. The molecule has 2 nitrogen and oxygen atoms in total. The van der Waals surface area contributed by atoms with E-state index in [1.165, 1.54) is 0 Å². The Balaban J connectivity index is 4.25. The molecule has 0 saturated carbocycles. The molecule has 0 radical (unpaired) electrons. The molecule has 0 heterocycles. The molecule has 114 valence electrons. The maximum atomic E-state index is 12.1. The van der Waals surface area contributed by atoms with Gasteiger partial charge < -0.3 is 4.74 Å². The number of hydrogen-bond acceptors (Lipinski definition) is 3. The molecule has 6 heteroatoms. The van der Waals surface area contributed by atoms with Gasteiger partial charge in [-0.1, -0.05) is 27.7 Å². The first-order valence-corrected chi connectivity index (χ1v) is 7.51. The van der Waals surface area contributed by atoms with Crippen LogP contribution in [0.5, 0.6) is 0 Å². The number of carbonyl (C=O) groups is 1. The lowest BCUT2D eigenvalue weighted by Gasteiger charge is -2.18. The van der Waals surface area contributed by atoms with Crippen molar-refractivity contribution >= 4 is 17.7 Å². The van der Waals surface area contributed by atoms with Crippen LogP contribution in [0.3, 0.4) is 0 Å². The van der Waals surface area contributed by atoms with Crippen molar-refractivity contribution in [3.05, 3.63) is 0 Å². The fourth-order valence-electron chi connectivity index (χ4n) is 1.32. The molecule has 0 aromatic rings.